The van der Waals surface area contributed by atoms with Gasteiger partial charge in [-0.25, -0.2) is 0 Å². The molecule has 1 aromatic carbocycles. The highest BCUT2D eigenvalue weighted by atomic mass is 14.9. The molecule has 0 aromatic heterocycles. The fourth-order valence-corrected chi connectivity index (χ4v) is 3.62. The fraction of sp³-hybridized carbons (Fsp3) is 0.250. The summed E-state index contributed by atoms with van der Waals surface area (Å²) in [4.78, 5) is 0. The van der Waals surface area contributed by atoms with E-state index in [0.29, 0.717) is 0 Å². The quantitative estimate of drug-likeness (QED) is 0.307. The summed E-state index contributed by atoms with van der Waals surface area (Å²) >= 11 is 0. The first-order valence-electron chi connectivity index (χ1n) is 11.2. The standard InChI is InChI=1S/C32H37N/c1-11-16-29(28-20-18-23(6)19-21-28)22-24(7)30(13-3)26(9)31(14-4)32(17-12-2)25(8)27(10)33-15-5/h4,11,13,16,18-22,33H,1,10,15H2,2-3,5-9H3/b24-22+,29-16+,30-13-,31-26+,32-25+. The third-order valence-electron chi connectivity index (χ3n) is 5.41. The Morgan fingerprint density at radius 1 is 1.09 bits per heavy atom. The molecule has 0 heterocycles. The third-order valence-corrected chi connectivity index (χ3v) is 5.41. The van der Waals surface area contributed by atoms with Crippen molar-refractivity contribution in [3.8, 4) is 24.2 Å². The van der Waals surface area contributed by atoms with Crippen molar-refractivity contribution in [1.29, 1.82) is 0 Å². The molecule has 1 nitrogen and oxygen atoms in total. The van der Waals surface area contributed by atoms with Gasteiger partial charge in [0.1, 0.15) is 0 Å². The lowest BCUT2D eigenvalue weighted by Crippen LogP contribution is -2.13. The molecule has 0 spiro atoms. The molecule has 0 fully saturated rings. The zero-order chi connectivity index (χ0) is 25.0. The van der Waals surface area contributed by atoms with Crippen molar-refractivity contribution in [2.75, 3.05) is 6.54 Å². The van der Waals surface area contributed by atoms with Crippen LogP contribution in [0, 0.1) is 31.1 Å². The Morgan fingerprint density at radius 3 is 2.21 bits per heavy atom. The van der Waals surface area contributed by atoms with Crippen LogP contribution in [0.3, 0.4) is 0 Å². The molecule has 33 heavy (non-hydrogen) atoms. The maximum Gasteiger partial charge on any atom is 0.0454 e. The van der Waals surface area contributed by atoms with Crippen LogP contribution in [0.1, 0.15) is 52.7 Å². The Labute approximate surface area is 202 Å². The van der Waals surface area contributed by atoms with Crippen molar-refractivity contribution in [1.82, 2.24) is 5.32 Å². The molecule has 0 aliphatic rings. The van der Waals surface area contributed by atoms with E-state index in [-0.39, 0.29) is 0 Å². The van der Waals surface area contributed by atoms with E-state index < -0.39 is 0 Å². The van der Waals surface area contributed by atoms with Gasteiger partial charge in [-0.3, -0.25) is 0 Å². The predicted molar refractivity (Wildman–Crippen MR) is 147 cm³/mol. The minimum atomic E-state index is 0.784. The van der Waals surface area contributed by atoms with Crippen molar-refractivity contribution < 1.29 is 0 Å². The van der Waals surface area contributed by atoms with E-state index in [1.165, 1.54) is 5.56 Å². The van der Waals surface area contributed by atoms with Crippen LogP contribution < -0.4 is 5.32 Å². The molecule has 1 aromatic rings. The molecule has 0 aliphatic carbocycles. The van der Waals surface area contributed by atoms with E-state index in [2.05, 4.69) is 93.4 Å². The van der Waals surface area contributed by atoms with Gasteiger partial charge in [0.2, 0.25) is 0 Å². The van der Waals surface area contributed by atoms with Crippen LogP contribution in [0.25, 0.3) is 5.57 Å². The normalized spacial score (nSPS) is 13.7. The van der Waals surface area contributed by atoms with E-state index in [0.717, 1.165) is 56.8 Å². The monoisotopic (exact) mass is 435 g/mol. The molecule has 1 N–H and O–H groups in total. The molecule has 0 radical (unpaired) electrons. The summed E-state index contributed by atoms with van der Waals surface area (Å²) in [6.45, 7) is 23.0. The van der Waals surface area contributed by atoms with E-state index in [1.807, 2.05) is 39.8 Å². The number of hydrogen-bond acceptors (Lipinski definition) is 1. The SMILES string of the molecule is C#CC(/C(C#CC)=C(\C)C(=C)NCC)=C(C)\C(=C/C)C(\C)=C\C(=C/C=C)c1ccc(C)cc1. The maximum atomic E-state index is 6.03. The van der Waals surface area contributed by atoms with Crippen LogP contribution in [0.2, 0.25) is 0 Å². The number of hydrogen-bond donors (Lipinski definition) is 1. The summed E-state index contributed by atoms with van der Waals surface area (Å²) in [6, 6.07) is 8.50. The first-order valence-corrected chi connectivity index (χ1v) is 11.2. The summed E-state index contributed by atoms with van der Waals surface area (Å²) < 4.78 is 0. The van der Waals surface area contributed by atoms with Gasteiger partial charge in [-0.15, -0.1) is 12.3 Å². The molecule has 1 heteroatoms. The average Bonchev–Trinajstić information content (AvgIpc) is 2.79. The Balaban J connectivity index is 3.67. The van der Waals surface area contributed by atoms with Crippen molar-refractivity contribution in [3.63, 3.8) is 0 Å². The van der Waals surface area contributed by atoms with Gasteiger partial charge < -0.3 is 5.32 Å². The molecule has 0 unspecified atom stereocenters. The third kappa shape index (κ3) is 7.45. The Hall–Kier alpha value is -3.68. The summed E-state index contributed by atoms with van der Waals surface area (Å²) in [5, 5.41) is 3.28. The van der Waals surface area contributed by atoms with Gasteiger partial charge >= 0.3 is 0 Å². The van der Waals surface area contributed by atoms with Crippen molar-refractivity contribution in [2.45, 2.75) is 48.5 Å². The van der Waals surface area contributed by atoms with E-state index in [1.54, 1.807) is 0 Å². The maximum absolute atomic E-state index is 6.03. The topological polar surface area (TPSA) is 12.0 Å². The second kappa shape index (κ2) is 13.7. The lowest BCUT2D eigenvalue weighted by molar-refractivity contribution is 0.864. The van der Waals surface area contributed by atoms with E-state index in [9.17, 15) is 0 Å². The largest absolute Gasteiger partial charge is 0.386 e. The number of rotatable bonds is 9. The fourth-order valence-electron chi connectivity index (χ4n) is 3.62. The molecular weight excluding hydrogens is 398 g/mol. The average molecular weight is 436 g/mol. The molecule has 0 saturated heterocycles. The number of terminal acetylenes is 1. The van der Waals surface area contributed by atoms with Crippen LogP contribution in [-0.2, 0) is 0 Å². The van der Waals surface area contributed by atoms with Crippen molar-refractivity contribution in [3.05, 3.63) is 112 Å². The highest BCUT2D eigenvalue weighted by Gasteiger charge is 2.14. The molecule has 170 valence electrons. The second-order valence-corrected chi connectivity index (χ2v) is 7.78. The van der Waals surface area contributed by atoms with Crippen LogP contribution in [0.15, 0.2) is 101 Å². The second-order valence-electron chi connectivity index (χ2n) is 7.78. The zero-order valence-corrected chi connectivity index (χ0v) is 21.3. The Kier molecular flexibility index (Phi) is 11.3. The van der Waals surface area contributed by atoms with Crippen molar-refractivity contribution >= 4 is 5.57 Å². The van der Waals surface area contributed by atoms with Crippen LogP contribution in [-0.4, -0.2) is 6.54 Å². The number of benzene rings is 1. The first-order chi connectivity index (χ1) is 15.7. The number of likely N-dealkylation sites (N-methyl/N-ethyl adjacent to an activating group) is 1. The molecule has 1 rings (SSSR count). The number of nitrogens with one attached hydrogen (secondary N) is 1. The number of allylic oxidation sites excluding steroid dienone is 11. The van der Waals surface area contributed by atoms with E-state index >= 15 is 0 Å². The van der Waals surface area contributed by atoms with Gasteiger partial charge in [0.05, 0.1) is 0 Å². The minimum Gasteiger partial charge on any atom is -0.386 e. The summed E-state index contributed by atoms with van der Waals surface area (Å²) in [5.74, 6) is 9.14. The molecule has 0 amide bonds. The Bertz CT molecular complexity index is 1140. The van der Waals surface area contributed by atoms with Gasteiger partial charge in [0.15, 0.2) is 0 Å². The molecular formula is C32H37N. The molecule has 0 aliphatic heterocycles. The van der Waals surface area contributed by atoms with Gasteiger partial charge in [0, 0.05) is 23.4 Å². The minimum absolute atomic E-state index is 0.784. The summed E-state index contributed by atoms with van der Waals surface area (Å²) in [7, 11) is 0. The lowest BCUT2D eigenvalue weighted by Gasteiger charge is -2.16. The zero-order valence-electron chi connectivity index (χ0n) is 21.3. The highest BCUT2D eigenvalue weighted by Crippen LogP contribution is 2.30. The van der Waals surface area contributed by atoms with Gasteiger partial charge in [-0.1, -0.05) is 79.1 Å². The lowest BCUT2D eigenvalue weighted by atomic mass is 9.88. The summed E-state index contributed by atoms with van der Waals surface area (Å²) in [6.07, 6.45) is 14.2. The van der Waals surface area contributed by atoms with Crippen LogP contribution in [0.4, 0.5) is 0 Å². The predicted octanol–water partition coefficient (Wildman–Crippen LogP) is 7.87. The van der Waals surface area contributed by atoms with Crippen LogP contribution >= 0.6 is 0 Å². The van der Waals surface area contributed by atoms with Gasteiger partial charge in [-0.05, 0) is 81.9 Å². The number of aryl methyl sites for hydroxylation is 1. The Morgan fingerprint density at radius 2 is 1.73 bits per heavy atom. The molecule has 0 atom stereocenters. The van der Waals surface area contributed by atoms with Crippen molar-refractivity contribution in [2.24, 2.45) is 0 Å². The highest BCUT2D eigenvalue weighted by molar-refractivity contribution is 5.77. The van der Waals surface area contributed by atoms with Crippen LogP contribution in [0.5, 0.6) is 0 Å². The first kappa shape index (κ1) is 27.4. The van der Waals surface area contributed by atoms with Gasteiger partial charge in [0.25, 0.3) is 0 Å². The smallest absolute Gasteiger partial charge is 0.0454 e. The summed E-state index contributed by atoms with van der Waals surface area (Å²) in [5.41, 5.74) is 10.1. The van der Waals surface area contributed by atoms with Gasteiger partial charge in [-0.2, -0.15) is 0 Å². The molecule has 0 saturated carbocycles. The van der Waals surface area contributed by atoms with E-state index in [4.69, 9.17) is 6.42 Å². The molecule has 0 bridgehead atoms.